The van der Waals surface area contributed by atoms with Gasteiger partial charge in [0.15, 0.2) is 0 Å². The lowest BCUT2D eigenvalue weighted by atomic mass is 10.1. The van der Waals surface area contributed by atoms with E-state index in [0.717, 1.165) is 0 Å². The molecule has 17 heavy (non-hydrogen) atoms. The number of rotatable bonds is 5. The minimum atomic E-state index is -0.443. The summed E-state index contributed by atoms with van der Waals surface area (Å²) >= 11 is 0. The molecule has 1 heterocycles. The number of nitro groups is 1. The predicted octanol–water partition coefficient (Wildman–Crippen LogP) is 1.07. The van der Waals surface area contributed by atoms with Crippen molar-refractivity contribution in [2.24, 2.45) is 13.0 Å². The van der Waals surface area contributed by atoms with Crippen LogP contribution in [-0.2, 0) is 7.05 Å². The summed E-state index contributed by atoms with van der Waals surface area (Å²) in [6.45, 7) is 5.36. The van der Waals surface area contributed by atoms with Crippen LogP contribution in [-0.4, -0.2) is 32.5 Å². The summed E-state index contributed by atoms with van der Waals surface area (Å²) in [6.07, 6.45) is 0. The number of hydrogen-bond donors (Lipinski definition) is 2. The molecule has 0 saturated carbocycles. The number of aryl methyl sites for hydroxylation is 2. The Morgan fingerprint density at radius 2 is 2.18 bits per heavy atom. The lowest BCUT2D eigenvalue weighted by Gasteiger charge is -2.19. The summed E-state index contributed by atoms with van der Waals surface area (Å²) in [4.78, 5) is 10.5. The standard InChI is InChI=1S/C10H18N4O3/c1-6(5-15)7(2)11-10-9(14(16)17)8(3)12-13(10)4/h6-7,11,15H,5H2,1-4H3. The molecular formula is C10H18N4O3. The van der Waals surface area contributed by atoms with Crippen molar-refractivity contribution in [1.29, 1.82) is 0 Å². The summed E-state index contributed by atoms with van der Waals surface area (Å²) < 4.78 is 1.45. The Hall–Kier alpha value is -1.63. The molecule has 2 atom stereocenters. The Balaban J connectivity index is 3.01. The summed E-state index contributed by atoms with van der Waals surface area (Å²) in [5.41, 5.74) is 0.369. The van der Waals surface area contributed by atoms with E-state index in [0.29, 0.717) is 11.5 Å². The fourth-order valence-corrected chi connectivity index (χ4v) is 1.54. The van der Waals surface area contributed by atoms with Gasteiger partial charge in [0, 0.05) is 19.7 Å². The van der Waals surface area contributed by atoms with E-state index < -0.39 is 4.92 Å². The molecule has 0 aliphatic rings. The lowest BCUT2D eigenvalue weighted by molar-refractivity contribution is -0.384. The zero-order chi connectivity index (χ0) is 13.2. The third-order valence-electron chi connectivity index (χ3n) is 2.88. The Kier molecular flexibility index (Phi) is 4.06. The Bertz CT molecular complexity index is 416. The molecule has 7 nitrogen and oxygen atoms in total. The van der Waals surface area contributed by atoms with Crippen molar-refractivity contribution in [3.8, 4) is 0 Å². The van der Waals surface area contributed by atoms with Crippen LogP contribution in [0.5, 0.6) is 0 Å². The number of aromatic nitrogens is 2. The van der Waals surface area contributed by atoms with Crippen molar-refractivity contribution in [3.63, 3.8) is 0 Å². The molecule has 1 rings (SSSR count). The largest absolute Gasteiger partial charge is 0.396 e. The predicted molar refractivity (Wildman–Crippen MR) is 63.9 cm³/mol. The van der Waals surface area contributed by atoms with Crippen LogP contribution in [0.1, 0.15) is 19.5 Å². The maximum atomic E-state index is 10.9. The van der Waals surface area contributed by atoms with Crippen LogP contribution in [0.25, 0.3) is 0 Å². The van der Waals surface area contributed by atoms with E-state index in [1.54, 1.807) is 14.0 Å². The average Bonchev–Trinajstić information content (AvgIpc) is 2.52. The molecule has 0 aromatic carbocycles. The second-order valence-corrected chi connectivity index (χ2v) is 4.26. The quantitative estimate of drug-likeness (QED) is 0.595. The Morgan fingerprint density at radius 1 is 1.59 bits per heavy atom. The number of hydrogen-bond acceptors (Lipinski definition) is 5. The summed E-state index contributed by atoms with van der Waals surface area (Å²) in [7, 11) is 1.65. The van der Waals surface area contributed by atoms with E-state index in [9.17, 15) is 10.1 Å². The van der Waals surface area contributed by atoms with E-state index in [-0.39, 0.29) is 24.3 Å². The zero-order valence-electron chi connectivity index (χ0n) is 10.5. The summed E-state index contributed by atoms with van der Waals surface area (Å²) in [5, 5.41) is 27.0. The smallest absolute Gasteiger partial charge is 0.333 e. The Morgan fingerprint density at radius 3 is 2.65 bits per heavy atom. The van der Waals surface area contributed by atoms with E-state index >= 15 is 0 Å². The molecule has 0 aliphatic carbocycles. The van der Waals surface area contributed by atoms with E-state index in [4.69, 9.17) is 5.11 Å². The molecule has 2 N–H and O–H groups in total. The van der Waals surface area contributed by atoms with Crippen molar-refractivity contribution in [2.45, 2.75) is 26.8 Å². The van der Waals surface area contributed by atoms with Crippen molar-refractivity contribution in [1.82, 2.24) is 9.78 Å². The van der Waals surface area contributed by atoms with Crippen molar-refractivity contribution in [3.05, 3.63) is 15.8 Å². The lowest BCUT2D eigenvalue weighted by Crippen LogP contribution is -2.27. The highest BCUT2D eigenvalue weighted by Gasteiger charge is 2.25. The first-order chi connectivity index (χ1) is 7.88. The second kappa shape index (κ2) is 5.13. The van der Waals surface area contributed by atoms with E-state index in [1.807, 2.05) is 13.8 Å². The molecule has 0 bridgehead atoms. The topological polar surface area (TPSA) is 93.2 Å². The van der Waals surface area contributed by atoms with Crippen molar-refractivity contribution < 1.29 is 10.0 Å². The molecule has 0 spiro atoms. The van der Waals surface area contributed by atoms with Gasteiger partial charge in [0.2, 0.25) is 5.82 Å². The van der Waals surface area contributed by atoms with Crippen LogP contribution in [0, 0.1) is 23.0 Å². The molecular weight excluding hydrogens is 224 g/mol. The first-order valence-corrected chi connectivity index (χ1v) is 5.43. The summed E-state index contributed by atoms with van der Waals surface area (Å²) in [5.74, 6) is 0.380. The maximum Gasteiger partial charge on any atom is 0.333 e. The molecule has 96 valence electrons. The van der Waals surface area contributed by atoms with Gasteiger partial charge in [-0.1, -0.05) is 6.92 Å². The van der Waals surface area contributed by atoms with Crippen molar-refractivity contribution in [2.75, 3.05) is 11.9 Å². The van der Waals surface area contributed by atoms with Gasteiger partial charge in [0.1, 0.15) is 5.69 Å². The van der Waals surface area contributed by atoms with Crippen LogP contribution in [0.3, 0.4) is 0 Å². The van der Waals surface area contributed by atoms with E-state index in [2.05, 4.69) is 10.4 Å². The van der Waals surface area contributed by atoms with Crippen LogP contribution in [0.4, 0.5) is 11.5 Å². The number of anilines is 1. The average molecular weight is 242 g/mol. The molecule has 0 fully saturated rings. The van der Waals surface area contributed by atoms with Gasteiger partial charge in [-0.3, -0.25) is 10.1 Å². The normalized spacial score (nSPS) is 14.4. The highest BCUT2D eigenvalue weighted by atomic mass is 16.6. The SMILES string of the molecule is Cc1nn(C)c(NC(C)C(C)CO)c1[N+](=O)[O-]. The maximum absolute atomic E-state index is 10.9. The van der Waals surface area contributed by atoms with Gasteiger partial charge in [-0.25, -0.2) is 4.68 Å². The first kappa shape index (κ1) is 13.4. The van der Waals surface area contributed by atoms with Gasteiger partial charge >= 0.3 is 5.69 Å². The van der Waals surface area contributed by atoms with Gasteiger partial charge in [-0.15, -0.1) is 0 Å². The molecule has 1 aromatic heterocycles. The molecule has 0 aliphatic heterocycles. The van der Waals surface area contributed by atoms with Crippen LogP contribution < -0.4 is 5.32 Å². The number of nitrogens with one attached hydrogen (secondary N) is 1. The number of aliphatic hydroxyl groups is 1. The molecule has 0 saturated heterocycles. The van der Waals surface area contributed by atoms with Crippen molar-refractivity contribution >= 4 is 11.5 Å². The Labute approximate surface area is 99.6 Å². The summed E-state index contributed by atoms with van der Waals surface area (Å²) in [6, 6.07) is -0.0755. The van der Waals surface area contributed by atoms with Gasteiger partial charge in [0.25, 0.3) is 0 Å². The highest BCUT2D eigenvalue weighted by molar-refractivity contribution is 5.59. The highest BCUT2D eigenvalue weighted by Crippen LogP contribution is 2.28. The molecule has 2 unspecified atom stereocenters. The van der Waals surface area contributed by atoms with Crippen LogP contribution in [0.15, 0.2) is 0 Å². The third-order valence-corrected chi connectivity index (χ3v) is 2.88. The van der Waals surface area contributed by atoms with Gasteiger partial charge in [0.05, 0.1) is 4.92 Å². The molecule has 0 amide bonds. The fraction of sp³-hybridized carbons (Fsp3) is 0.700. The van der Waals surface area contributed by atoms with E-state index in [1.165, 1.54) is 4.68 Å². The second-order valence-electron chi connectivity index (χ2n) is 4.26. The van der Waals surface area contributed by atoms with Gasteiger partial charge in [-0.05, 0) is 19.8 Å². The number of aliphatic hydroxyl groups excluding tert-OH is 1. The zero-order valence-corrected chi connectivity index (χ0v) is 10.5. The minimum Gasteiger partial charge on any atom is -0.396 e. The monoisotopic (exact) mass is 242 g/mol. The third kappa shape index (κ3) is 2.73. The molecule has 7 heteroatoms. The van der Waals surface area contributed by atoms with Crippen LogP contribution in [0.2, 0.25) is 0 Å². The molecule has 1 aromatic rings. The molecule has 0 radical (unpaired) electrons. The van der Waals surface area contributed by atoms with Crippen LogP contribution >= 0.6 is 0 Å². The van der Waals surface area contributed by atoms with Gasteiger partial charge in [-0.2, -0.15) is 5.10 Å². The minimum absolute atomic E-state index is 0.00445. The van der Waals surface area contributed by atoms with Gasteiger partial charge < -0.3 is 10.4 Å². The first-order valence-electron chi connectivity index (χ1n) is 5.43. The fourth-order valence-electron chi connectivity index (χ4n) is 1.54. The number of nitrogens with zero attached hydrogens (tertiary/aromatic N) is 3.